The zero-order valence-electron chi connectivity index (χ0n) is 9.80. The van der Waals surface area contributed by atoms with E-state index >= 15 is 0 Å². The Morgan fingerprint density at radius 1 is 1.56 bits per heavy atom. The SMILES string of the molecule is CCCc1nsc(N(C)C(CC)C(=O)O)n1. The van der Waals surface area contributed by atoms with Gasteiger partial charge in [-0.2, -0.15) is 4.37 Å². The van der Waals surface area contributed by atoms with Crippen LogP contribution in [-0.2, 0) is 11.2 Å². The number of likely N-dealkylation sites (N-methyl/N-ethyl adjacent to an activating group) is 1. The molecule has 1 atom stereocenters. The van der Waals surface area contributed by atoms with Gasteiger partial charge in [0, 0.05) is 25.0 Å². The molecule has 5 nitrogen and oxygen atoms in total. The van der Waals surface area contributed by atoms with Crippen molar-refractivity contribution in [2.45, 2.75) is 39.2 Å². The van der Waals surface area contributed by atoms with E-state index in [0.29, 0.717) is 11.6 Å². The molecular formula is C10H17N3O2S. The van der Waals surface area contributed by atoms with Crippen molar-refractivity contribution in [1.29, 1.82) is 0 Å². The third-order valence-electron chi connectivity index (χ3n) is 2.37. The average molecular weight is 243 g/mol. The molecular weight excluding hydrogens is 226 g/mol. The first-order valence-corrected chi connectivity index (χ1v) is 6.15. The summed E-state index contributed by atoms with van der Waals surface area (Å²) in [6, 6.07) is -0.526. The van der Waals surface area contributed by atoms with Crippen LogP contribution in [0.5, 0.6) is 0 Å². The van der Waals surface area contributed by atoms with Crippen molar-refractivity contribution in [3.63, 3.8) is 0 Å². The Hall–Kier alpha value is -1.17. The van der Waals surface area contributed by atoms with E-state index in [-0.39, 0.29) is 0 Å². The van der Waals surface area contributed by atoms with Crippen molar-refractivity contribution in [2.24, 2.45) is 0 Å². The number of carboxylic acids is 1. The first-order valence-electron chi connectivity index (χ1n) is 5.38. The summed E-state index contributed by atoms with van der Waals surface area (Å²) in [7, 11) is 1.75. The normalized spacial score (nSPS) is 12.4. The lowest BCUT2D eigenvalue weighted by Gasteiger charge is -2.22. The number of carboxylic acid groups (broad SMARTS) is 1. The number of rotatable bonds is 6. The number of carbonyl (C=O) groups is 1. The third-order valence-corrected chi connectivity index (χ3v) is 3.22. The maximum absolute atomic E-state index is 11.0. The second kappa shape index (κ2) is 5.79. The molecule has 0 spiro atoms. The molecule has 1 aromatic rings. The molecule has 0 aromatic carbocycles. The van der Waals surface area contributed by atoms with Crippen LogP contribution in [0, 0.1) is 0 Å². The van der Waals surface area contributed by atoms with Crippen molar-refractivity contribution in [3.8, 4) is 0 Å². The van der Waals surface area contributed by atoms with Crippen molar-refractivity contribution in [3.05, 3.63) is 5.82 Å². The highest BCUT2D eigenvalue weighted by Gasteiger charge is 2.23. The van der Waals surface area contributed by atoms with Gasteiger partial charge in [0.2, 0.25) is 5.13 Å². The van der Waals surface area contributed by atoms with E-state index in [2.05, 4.69) is 16.3 Å². The largest absolute Gasteiger partial charge is 0.480 e. The number of hydrogen-bond acceptors (Lipinski definition) is 5. The lowest BCUT2D eigenvalue weighted by Crippen LogP contribution is -2.37. The van der Waals surface area contributed by atoms with Crippen molar-refractivity contribution >= 4 is 22.6 Å². The summed E-state index contributed by atoms with van der Waals surface area (Å²) in [5, 5.41) is 9.71. The Morgan fingerprint density at radius 2 is 2.25 bits per heavy atom. The van der Waals surface area contributed by atoms with E-state index in [0.717, 1.165) is 18.7 Å². The zero-order chi connectivity index (χ0) is 12.1. The van der Waals surface area contributed by atoms with E-state index in [4.69, 9.17) is 5.11 Å². The predicted molar refractivity (Wildman–Crippen MR) is 64.0 cm³/mol. The Labute approximate surface area is 99.3 Å². The summed E-state index contributed by atoms with van der Waals surface area (Å²) in [4.78, 5) is 17.0. The van der Waals surface area contributed by atoms with Crippen LogP contribution in [0.3, 0.4) is 0 Å². The molecule has 0 bridgehead atoms. The Bertz CT molecular complexity index is 354. The monoisotopic (exact) mass is 243 g/mol. The molecule has 90 valence electrons. The molecule has 1 N–H and O–H groups in total. The summed E-state index contributed by atoms with van der Waals surface area (Å²) in [6.45, 7) is 3.92. The van der Waals surface area contributed by atoms with Crippen LogP contribution in [0.2, 0.25) is 0 Å². The van der Waals surface area contributed by atoms with Gasteiger partial charge in [-0.3, -0.25) is 0 Å². The second-order valence-electron chi connectivity index (χ2n) is 3.62. The molecule has 0 saturated carbocycles. The van der Waals surface area contributed by atoms with Gasteiger partial charge in [0.1, 0.15) is 11.9 Å². The topological polar surface area (TPSA) is 66.3 Å². The van der Waals surface area contributed by atoms with E-state index in [1.165, 1.54) is 11.5 Å². The summed E-state index contributed by atoms with van der Waals surface area (Å²) in [6.07, 6.45) is 2.39. The fourth-order valence-electron chi connectivity index (χ4n) is 1.46. The van der Waals surface area contributed by atoms with Crippen molar-refractivity contribution in [1.82, 2.24) is 9.36 Å². The standard InChI is InChI=1S/C10H17N3O2S/c1-4-6-8-11-10(16-12-8)13(3)7(5-2)9(14)15/h7H,4-6H2,1-3H3,(H,14,15). The minimum Gasteiger partial charge on any atom is -0.480 e. The summed E-state index contributed by atoms with van der Waals surface area (Å²) >= 11 is 1.26. The van der Waals surface area contributed by atoms with Crippen LogP contribution in [0.1, 0.15) is 32.5 Å². The maximum Gasteiger partial charge on any atom is 0.326 e. The number of aliphatic carboxylic acids is 1. The fraction of sp³-hybridized carbons (Fsp3) is 0.700. The molecule has 0 aliphatic heterocycles. The zero-order valence-corrected chi connectivity index (χ0v) is 10.6. The quantitative estimate of drug-likeness (QED) is 0.825. The highest BCUT2D eigenvalue weighted by molar-refractivity contribution is 7.09. The number of aryl methyl sites for hydroxylation is 1. The molecule has 0 fully saturated rings. The van der Waals surface area contributed by atoms with Gasteiger partial charge >= 0.3 is 5.97 Å². The summed E-state index contributed by atoms with van der Waals surface area (Å²) < 4.78 is 4.20. The molecule has 0 radical (unpaired) electrons. The molecule has 6 heteroatoms. The Kier molecular flexibility index (Phi) is 4.67. The molecule has 16 heavy (non-hydrogen) atoms. The van der Waals surface area contributed by atoms with E-state index in [1.807, 2.05) is 6.92 Å². The van der Waals surface area contributed by atoms with E-state index in [1.54, 1.807) is 11.9 Å². The van der Waals surface area contributed by atoms with Gasteiger partial charge in [-0.1, -0.05) is 13.8 Å². The molecule has 0 saturated heterocycles. The van der Waals surface area contributed by atoms with E-state index < -0.39 is 12.0 Å². The van der Waals surface area contributed by atoms with Crippen LogP contribution >= 0.6 is 11.5 Å². The van der Waals surface area contributed by atoms with Crippen LogP contribution in [-0.4, -0.2) is 33.5 Å². The van der Waals surface area contributed by atoms with Crippen molar-refractivity contribution in [2.75, 3.05) is 11.9 Å². The molecule has 1 aromatic heterocycles. The third kappa shape index (κ3) is 2.91. The van der Waals surface area contributed by atoms with Crippen LogP contribution in [0.4, 0.5) is 5.13 Å². The highest BCUT2D eigenvalue weighted by atomic mass is 32.1. The first kappa shape index (κ1) is 12.9. The van der Waals surface area contributed by atoms with E-state index in [9.17, 15) is 4.79 Å². The lowest BCUT2D eigenvalue weighted by atomic mass is 10.2. The molecule has 0 aliphatic carbocycles. The number of aromatic nitrogens is 2. The second-order valence-corrected chi connectivity index (χ2v) is 4.35. The van der Waals surface area contributed by atoms with Crippen LogP contribution < -0.4 is 4.90 Å². The average Bonchev–Trinajstić information content (AvgIpc) is 2.67. The first-order chi connectivity index (χ1) is 7.60. The van der Waals surface area contributed by atoms with Gasteiger partial charge in [-0.15, -0.1) is 0 Å². The van der Waals surface area contributed by atoms with Gasteiger partial charge < -0.3 is 10.0 Å². The lowest BCUT2D eigenvalue weighted by molar-refractivity contribution is -0.138. The Morgan fingerprint density at radius 3 is 2.75 bits per heavy atom. The van der Waals surface area contributed by atoms with Gasteiger partial charge in [0.15, 0.2) is 0 Å². The predicted octanol–water partition coefficient (Wildman–Crippen LogP) is 1.79. The number of hydrogen-bond donors (Lipinski definition) is 1. The van der Waals surface area contributed by atoms with Crippen molar-refractivity contribution < 1.29 is 9.90 Å². The van der Waals surface area contributed by atoms with Gasteiger partial charge in [0.05, 0.1) is 0 Å². The highest BCUT2D eigenvalue weighted by Crippen LogP contribution is 2.20. The minimum atomic E-state index is -0.822. The summed E-state index contributed by atoms with van der Waals surface area (Å²) in [5.41, 5.74) is 0. The van der Waals surface area contributed by atoms with Gasteiger partial charge in [-0.05, 0) is 12.8 Å². The van der Waals surface area contributed by atoms with Gasteiger partial charge in [0.25, 0.3) is 0 Å². The molecule has 1 unspecified atom stereocenters. The molecule has 1 rings (SSSR count). The number of anilines is 1. The molecule has 1 heterocycles. The smallest absolute Gasteiger partial charge is 0.326 e. The fourth-order valence-corrected chi connectivity index (χ4v) is 2.18. The van der Waals surface area contributed by atoms with Crippen LogP contribution in [0.25, 0.3) is 0 Å². The number of nitrogens with zero attached hydrogens (tertiary/aromatic N) is 3. The van der Waals surface area contributed by atoms with Crippen LogP contribution in [0.15, 0.2) is 0 Å². The molecule has 0 aliphatic rings. The summed E-state index contributed by atoms with van der Waals surface area (Å²) in [5.74, 6) is -0.0215. The molecule has 0 amide bonds. The van der Waals surface area contributed by atoms with Gasteiger partial charge in [-0.25, -0.2) is 9.78 Å². The Balaban J connectivity index is 2.77. The minimum absolute atomic E-state index is 0.526. The maximum atomic E-state index is 11.0.